The molecule has 1 aliphatic rings. The number of hydrogen-bond acceptors (Lipinski definition) is 2. The Hall–Kier alpha value is -2.04. The predicted octanol–water partition coefficient (Wildman–Crippen LogP) is 2.43. The van der Waals surface area contributed by atoms with Gasteiger partial charge in [-0.15, -0.1) is 0 Å². The number of carbonyl (C=O) groups excluding carboxylic acids is 1. The minimum atomic E-state index is -0.116. The largest absolute Gasteiger partial charge is 0.367 e. The molecule has 0 aliphatic heterocycles. The summed E-state index contributed by atoms with van der Waals surface area (Å²) < 4.78 is 1.93. The SMILES string of the molecule is CC(C1CC1)n1cc(NC(=O)c2cc[nH]c2)cn1. The van der Waals surface area contributed by atoms with E-state index in [0.29, 0.717) is 11.6 Å². The fourth-order valence-electron chi connectivity index (χ4n) is 2.09. The summed E-state index contributed by atoms with van der Waals surface area (Å²) in [6.45, 7) is 2.17. The minimum Gasteiger partial charge on any atom is -0.367 e. The maximum absolute atomic E-state index is 11.8. The number of amides is 1. The Bertz CT molecular complexity index is 539. The number of aromatic amines is 1. The van der Waals surface area contributed by atoms with Crippen LogP contribution in [0.5, 0.6) is 0 Å². The van der Waals surface area contributed by atoms with E-state index < -0.39 is 0 Å². The van der Waals surface area contributed by atoms with Crippen molar-refractivity contribution in [1.29, 1.82) is 0 Å². The van der Waals surface area contributed by atoms with Crippen molar-refractivity contribution in [3.8, 4) is 0 Å². The van der Waals surface area contributed by atoms with Crippen LogP contribution >= 0.6 is 0 Å². The van der Waals surface area contributed by atoms with Crippen molar-refractivity contribution in [2.45, 2.75) is 25.8 Å². The zero-order chi connectivity index (χ0) is 12.5. The van der Waals surface area contributed by atoms with Gasteiger partial charge in [0.25, 0.3) is 5.91 Å². The van der Waals surface area contributed by atoms with Gasteiger partial charge in [-0.25, -0.2) is 0 Å². The van der Waals surface area contributed by atoms with Crippen molar-refractivity contribution in [3.63, 3.8) is 0 Å². The summed E-state index contributed by atoms with van der Waals surface area (Å²) in [5.74, 6) is 0.632. The van der Waals surface area contributed by atoms with Crippen molar-refractivity contribution in [1.82, 2.24) is 14.8 Å². The van der Waals surface area contributed by atoms with Gasteiger partial charge in [0.05, 0.1) is 23.5 Å². The van der Waals surface area contributed by atoms with Crippen molar-refractivity contribution in [2.24, 2.45) is 5.92 Å². The van der Waals surface area contributed by atoms with Gasteiger partial charge in [-0.05, 0) is 31.7 Å². The van der Waals surface area contributed by atoms with Gasteiger partial charge in [-0.3, -0.25) is 9.48 Å². The molecule has 5 heteroatoms. The van der Waals surface area contributed by atoms with Crippen LogP contribution in [0.25, 0.3) is 0 Å². The van der Waals surface area contributed by atoms with E-state index in [0.717, 1.165) is 11.6 Å². The number of hydrogen-bond donors (Lipinski definition) is 2. The minimum absolute atomic E-state index is 0.116. The predicted molar refractivity (Wildman–Crippen MR) is 68.4 cm³/mol. The molecular weight excluding hydrogens is 228 g/mol. The lowest BCUT2D eigenvalue weighted by Gasteiger charge is -2.09. The van der Waals surface area contributed by atoms with E-state index in [9.17, 15) is 4.79 Å². The lowest BCUT2D eigenvalue weighted by molar-refractivity contribution is 0.102. The first-order chi connectivity index (χ1) is 8.74. The molecule has 1 saturated carbocycles. The van der Waals surface area contributed by atoms with Crippen LogP contribution in [0.15, 0.2) is 30.9 Å². The van der Waals surface area contributed by atoms with Gasteiger partial charge in [-0.1, -0.05) is 0 Å². The highest BCUT2D eigenvalue weighted by atomic mass is 16.1. The van der Waals surface area contributed by atoms with Gasteiger partial charge in [0.2, 0.25) is 0 Å². The lowest BCUT2D eigenvalue weighted by atomic mass is 10.2. The highest BCUT2D eigenvalue weighted by Crippen LogP contribution is 2.39. The topological polar surface area (TPSA) is 62.7 Å². The number of rotatable bonds is 4. The van der Waals surface area contributed by atoms with E-state index in [1.165, 1.54) is 12.8 Å². The normalized spacial score (nSPS) is 16.5. The molecular formula is C13H16N4O. The molecule has 1 amide bonds. The lowest BCUT2D eigenvalue weighted by Crippen LogP contribution is -2.11. The maximum Gasteiger partial charge on any atom is 0.257 e. The van der Waals surface area contributed by atoms with E-state index in [2.05, 4.69) is 22.3 Å². The van der Waals surface area contributed by atoms with Gasteiger partial charge in [0.1, 0.15) is 0 Å². The van der Waals surface area contributed by atoms with E-state index in [1.807, 2.05) is 10.9 Å². The van der Waals surface area contributed by atoms with Crippen molar-refractivity contribution in [3.05, 3.63) is 36.4 Å². The van der Waals surface area contributed by atoms with E-state index in [1.54, 1.807) is 24.7 Å². The summed E-state index contributed by atoms with van der Waals surface area (Å²) in [5.41, 5.74) is 1.37. The molecule has 1 fully saturated rings. The molecule has 0 radical (unpaired) electrons. The Kier molecular flexibility index (Phi) is 2.66. The Balaban J connectivity index is 1.68. The highest BCUT2D eigenvalue weighted by Gasteiger charge is 2.29. The third-order valence-corrected chi connectivity index (χ3v) is 3.44. The van der Waals surface area contributed by atoms with Crippen molar-refractivity contribution < 1.29 is 4.79 Å². The quantitative estimate of drug-likeness (QED) is 0.867. The molecule has 0 spiro atoms. The van der Waals surface area contributed by atoms with Crippen LogP contribution in [-0.4, -0.2) is 20.7 Å². The fraction of sp³-hybridized carbons (Fsp3) is 0.385. The third-order valence-electron chi connectivity index (χ3n) is 3.44. The van der Waals surface area contributed by atoms with Crippen LogP contribution in [0.2, 0.25) is 0 Å². The van der Waals surface area contributed by atoms with Crippen LogP contribution in [0.3, 0.4) is 0 Å². The molecule has 2 N–H and O–H groups in total. The maximum atomic E-state index is 11.8. The van der Waals surface area contributed by atoms with Crippen molar-refractivity contribution in [2.75, 3.05) is 5.32 Å². The first kappa shape index (κ1) is 11.1. The molecule has 18 heavy (non-hydrogen) atoms. The van der Waals surface area contributed by atoms with E-state index >= 15 is 0 Å². The average molecular weight is 244 g/mol. The van der Waals surface area contributed by atoms with Gasteiger partial charge >= 0.3 is 0 Å². The molecule has 3 rings (SSSR count). The molecule has 2 heterocycles. The Labute approximate surface area is 105 Å². The standard InChI is InChI=1S/C13H16N4O/c1-9(10-2-3-10)17-8-12(7-15-17)16-13(18)11-4-5-14-6-11/h4-10,14H,2-3H2,1H3,(H,16,18). The first-order valence-electron chi connectivity index (χ1n) is 6.22. The zero-order valence-electron chi connectivity index (χ0n) is 10.3. The van der Waals surface area contributed by atoms with E-state index in [4.69, 9.17) is 0 Å². The Morgan fingerprint density at radius 2 is 2.44 bits per heavy atom. The van der Waals surface area contributed by atoms with Gasteiger partial charge < -0.3 is 10.3 Å². The van der Waals surface area contributed by atoms with Crippen molar-refractivity contribution >= 4 is 11.6 Å². The number of aromatic nitrogens is 3. The summed E-state index contributed by atoms with van der Waals surface area (Å²) in [4.78, 5) is 14.7. The molecule has 0 bridgehead atoms. The molecule has 1 unspecified atom stereocenters. The van der Waals surface area contributed by atoms with Crippen LogP contribution in [0.4, 0.5) is 5.69 Å². The Morgan fingerprint density at radius 3 is 3.11 bits per heavy atom. The van der Waals surface area contributed by atoms with Gasteiger partial charge in [-0.2, -0.15) is 5.10 Å². The number of carbonyl (C=O) groups is 1. The monoisotopic (exact) mass is 244 g/mol. The van der Waals surface area contributed by atoms with Gasteiger partial charge in [0, 0.05) is 18.6 Å². The Morgan fingerprint density at radius 1 is 1.61 bits per heavy atom. The first-order valence-corrected chi connectivity index (χ1v) is 6.22. The number of nitrogens with one attached hydrogen (secondary N) is 2. The smallest absolute Gasteiger partial charge is 0.257 e. The molecule has 1 aliphatic carbocycles. The summed E-state index contributed by atoms with van der Waals surface area (Å²) in [7, 11) is 0. The zero-order valence-corrected chi connectivity index (χ0v) is 10.3. The van der Waals surface area contributed by atoms with E-state index in [-0.39, 0.29) is 5.91 Å². The van der Waals surface area contributed by atoms with Crippen LogP contribution < -0.4 is 5.32 Å². The second-order valence-corrected chi connectivity index (χ2v) is 4.84. The fourth-order valence-corrected chi connectivity index (χ4v) is 2.09. The average Bonchev–Trinajstić information content (AvgIpc) is 2.90. The number of H-pyrrole nitrogens is 1. The summed E-state index contributed by atoms with van der Waals surface area (Å²) >= 11 is 0. The highest BCUT2D eigenvalue weighted by molar-refractivity contribution is 6.03. The molecule has 94 valence electrons. The molecule has 5 nitrogen and oxygen atoms in total. The number of anilines is 1. The summed E-state index contributed by atoms with van der Waals surface area (Å²) in [5, 5.41) is 7.14. The summed E-state index contributed by atoms with van der Waals surface area (Å²) in [6.07, 6.45) is 9.56. The molecule has 2 aromatic heterocycles. The van der Waals surface area contributed by atoms with Crippen LogP contribution in [-0.2, 0) is 0 Å². The summed E-state index contributed by atoms with van der Waals surface area (Å²) in [6, 6.07) is 2.16. The second-order valence-electron chi connectivity index (χ2n) is 4.84. The molecule has 0 aromatic carbocycles. The molecule has 0 saturated heterocycles. The number of nitrogens with zero attached hydrogens (tertiary/aromatic N) is 2. The molecule has 1 atom stereocenters. The van der Waals surface area contributed by atoms with Crippen LogP contribution in [0.1, 0.15) is 36.2 Å². The molecule has 2 aromatic rings. The van der Waals surface area contributed by atoms with Gasteiger partial charge in [0.15, 0.2) is 0 Å². The second kappa shape index (κ2) is 4.33. The third kappa shape index (κ3) is 2.16. The van der Waals surface area contributed by atoms with Crippen LogP contribution in [0, 0.1) is 5.92 Å².